The Morgan fingerprint density at radius 3 is 2.83 bits per heavy atom. The molecule has 8 heteroatoms. The molecule has 3 heterocycles. The Balaban J connectivity index is 1.48. The largest absolute Gasteiger partial charge is 0.459 e. The minimum atomic E-state index is -0.701. The third kappa shape index (κ3) is 4.17. The molecule has 2 atom stereocenters. The highest BCUT2D eigenvalue weighted by Gasteiger charge is 2.26. The van der Waals surface area contributed by atoms with Crippen molar-refractivity contribution in [1.82, 2.24) is 15.3 Å². The SMILES string of the molecule is CC(C)C(NC(=O)c1ccco1)C(=O)Nc1ccc2nc(C3CCCO3)[nH]c2c1. The number of anilines is 1. The van der Waals surface area contributed by atoms with Gasteiger partial charge in [-0.3, -0.25) is 9.59 Å². The predicted molar refractivity (Wildman–Crippen MR) is 107 cm³/mol. The topological polar surface area (TPSA) is 109 Å². The lowest BCUT2D eigenvalue weighted by Crippen LogP contribution is -2.47. The zero-order valence-electron chi connectivity index (χ0n) is 16.4. The van der Waals surface area contributed by atoms with Gasteiger partial charge in [0.2, 0.25) is 5.91 Å². The molecule has 0 spiro atoms. The Labute approximate surface area is 168 Å². The van der Waals surface area contributed by atoms with E-state index in [1.165, 1.54) is 6.26 Å². The maximum Gasteiger partial charge on any atom is 0.287 e. The molecule has 1 fully saturated rings. The number of imidazole rings is 1. The fourth-order valence-corrected chi connectivity index (χ4v) is 3.43. The number of amides is 2. The standard InChI is InChI=1S/C21H24N4O4/c1-12(2)18(25-20(26)17-6-4-10-29-17)21(27)22-13-7-8-14-15(11-13)24-19(23-14)16-5-3-9-28-16/h4,6-8,10-12,16,18H,3,5,9H2,1-2H3,(H,22,27)(H,23,24)(H,25,26). The van der Waals surface area contributed by atoms with Crippen molar-refractivity contribution in [2.24, 2.45) is 5.92 Å². The Morgan fingerprint density at radius 2 is 2.14 bits per heavy atom. The number of ether oxygens (including phenoxy) is 1. The number of rotatable bonds is 6. The number of benzene rings is 1. The lowest BCUT2D eigenvalue weighted by molar-refractivity contribution is -0.118. The van der Waals surface area contributed by atoms with Gasteiger partial charge in [-0.2, -0.15) is 0 Å². The fraction of sp³-hybridized carbons (Fsp3) is 0.381. The van der Waals surface area contributed by atoms with Crippen molar-refractivity contribution in [1.29, 1.82) is 0 Å². The second kappa shape index (κ2) is 8.08. The molecule has 1 aromatic carbocycles. The Hall–Kier alpha value is -3.13. The molecular weight excluding hydrogens is 372 g/mol. The molecule has 152 valence electrons. The molecule has 0 aliphatic carbocycles. The Bertz CT molecular complexity index is 1000. The van der Waals surface area contributed by atoms with Gasteiger partial charge in [0.15, 0.2) is 5.76 Å². The van der Waals surface area contributed by atoms with Crippen LogP contribution in [0.3, 0.4) is 0 Å². The molecule has 1 saturated heterocycles. The van der Waals surface area contributed by atoms with E-state index < -0.39 is 11.9 Å². The summed E-state index contributed by atoms with van der Waals surface area (Å²) in [7, 11) is 0. The minimum absolute atomic E-state index is 0.00238. The lowest BCUT2D eigenvalue weighted by Gasteiger charge is -2.21. The van der Waals surface area contributed by atoms with Crippen LogP contribution in [-0.2, 0) is 9.53 Å². The van der Waals surface area contributed by atoms with Gasteiger partial charge >= 0.3 is 0 Å². The van der Waals surface area contributed by atoms with Gasteiger partial charge in [-0.15, -0.1) is 0 Å². The zero-order chi connectivity index (χ0) is 20.4. The molecule has 3 aromatic rings. The number of furan rings is 1. The van der Waals surface area contributed by atoms with Gasteiger partial charge in [-0.1, -0.05) is 13.8 Å². The van der Waals surface area contributed by atoms with Crippen molar-refractivity contribution < 1.29 is 18.7 Å². The molecule has 3 N–H and O–H groups in total. The van der Waals surface area contributed by atoms with Crippen molar-refractivity contribution in [3.63, 3.8) is 0 Å². The molecule has 0 saturated carbocycles. The first kappa shape index (κ1) is 19.2. The van der Waals surface area contributed by atoms with Gasteiger partial charge in [-0.25, -0.2) is 4.98 Å². The summed E-state index contributed by atoms with van der Waals surface area (Å²) in [5.74, 6) is 0.166. The quantitative estimate of drug-likeness (QED) is 0.592. The number of nitrogens with zero attached hydrogens (tertiary/aromatic N) is 1. The van der Waals surface area contributed by atoms with Gasteiger partial charge in [0, 0.05) is 12.3 Å². The maximum atomic E-state index is 12.8. The van der Waals surface area contributed by atoms with E-state index in [0.717, 1.165) is 36.3 Å². The number of hydrogen-bond acceptors (Lipinski definition) is 5. The number of H-pyrrole nitrogens is 1. The molecule has 8 nitrogen and oxygen atoms in total. The summed E-state index contributed by atoms with van der Waals surface area (Å²) in [6, 6.07) is 7.97. The number of carbonyl (C=O) groups excluding carboxylic acids is 2. The molecule has 1 aliphatic heterocycles. The molecular formula is C21H24N4O4. The van der Waals surface area contributed by atoms with Crippen molar-refractivity contribution in [3.05, 3.63) is 48.2 Å². The van der Waals surface area contributed by atoms with Crippen LogP contribution in [0.1, 0.15) is 49.2 Å². The van der Waals surface area contributed by atoms with Crippen LogP contribution in [0.4, 0.5) is 5.69 Å². The van der Waals surface area contributed by atoms with E-state index in [1.54, 1.807) is 18.2 Å². The van der Waals surface area contributed by atoms with Crippen LogP contribution in [0.25, 0.3) is 11.0 Å². The highest BCUT2D eigenvalue weighted by Crippen LogP contribution is 2.28. The van der Waals surface area contributed by atoms with E-state index in [4.69, 9.17) is 9.15 Å². The number of fused-ring (bicyclic) bond motifs is 1. The van der Waals surface area contributed by atoms with Crippen LogP contribution in [-0.4, -0.2) is 34.4 Å². The molecule has 2 unspecified atom stereocenters. The monoisotopic (exact) mass is 396 g/mol. The van der Waals surface area contributed by atoms with Gasteiger partial charge in [0.1, 0.15) is 18.0 Å². The van der Waals surface area contributed by atoms with E-state index in [1.807, 2.05) is 26.0 Å². The third-order valence-corrected chi connectivity index (χ3v) is 4.98. The molecule has 0 bridgehead atoms. The predicted octanol–water partition coefficient (Wildman–Crippen LogP) is 3.40. The maximum absolute atomic E-state index is 12.8. The van der Waals surface area contributed by atoms with Crippen LogP contribution in [0.5, 0.6) is 0 Å². The van der Waals surface area contributed by atoms with E-state index in [2.05, 4.69) is 20.6 Å². The van der Waals surface area contributed by atoms with Gasteiger partial charge in [0.05, 0.1) is 17.3 Å². The van der Waals surface area contributed by atoms with Crippen LogP contribution in [0, 0.1) is 5.92 Å². The van der Waals surface area contributed by atoms with E-state index in [0.29, 0.717) is 5.69 Å². The average Bonchev–Trinajstić information content (AvgIpc) is 3.46. The summed E-state index contributed by atoms with van der Waals surface area (Å²) in [6.45, 7) is 4.50. The Morgan fingerprint density at radius 1 is 1.28 bits per heavy atom. The molecule has 1 aliphatic rings. The van der Waals surface area contributed by atoms with Crippen LogP contribution in [0.2, 0.25) is 0 Å². The first-order chi connectivity index (χ1) is 14.0. The van der Waals surface area contributed by atoms with E-state index in [-0.39, 0.29) is 23.7 Å². The van der Waals surface area contributed by atoms with Crippen LogP contribution < -0.4 is 10.6 Å². The number of aromatic nitrogens is 2. The summed E-state index contributed by atoms with van der Waals surface area (Å²) in [4.78, 5) is 32.9. The summed E-state index contributed by atoms with van der Waals surface area (Å²) in [5, 5.41) is 5.62. The molecule has 2 amide bonds. The fourth-order valence-electron chi connectivity index (χ4n) is 3.43. The van der Waals surface area contributed by atoms with Gasteiger partial charge in [0.25, 0.3) is 5.91 Å². The van der Waals surface area contributed by atoms with Crippen LogP contribution >= 0.6 is 0 Å². The van der Waals surface area contributed by atoms with Gasteiger partial charge < -0.3 is 24.8 Å². The first-order valence-corrected chi connectivity index (χ1v) is 9.78. The number of carbonyl (C=O) groups is 2. The normalized spacial score (nSPS) is 17.6. The second-order valence-corrected chi connectivity index (χ2v) is 7.52. The van der Waals surface area contributed by atoms with Crippen molar-refractivity contribution in [3.8, 4) is 0 Å². The second-order valence-electron chi connectivity index (χ2n) is 7.52. The molecule has 0 radical (unpaired) electrons. The highest BCUT2D eigenvalue weighted by atomic mass is 16.5. The van der Waals surface area contributed by atoms with E-state index in [9.17, 15) is 9.59 Å². The van der Waals surface area contributed by atoms with Crippen molar-refractivity contribution in [2.45, 2.75) is 38.8 Å². The number of hydrogen-bond donors (Lipinski definition) is 3. The summed E-state index contributed by atoms with van der Waals surface area (Å²) in [6.07, 6.45) is 3.41. The molecule has 2 aromatic heterocycles. The van der Waals surface area contributed by atoms with Crippen molar-refractivity contribution in [2.75, 3.05) is 11.9 Å². The highest BCUT2D eigenvalue weighted by molar-refractivity contribution is 6.01. The first-order valence-electron chi connectivity index (χ1n) is 9.78. The van der Waals surface area contributed by atoms with Crippen LogP contribution in [0.15, 0.2) is 41.0 Å². The summed E-state index contributed by atoms with van der Waals surface area (Å²) in [5.41, 5.74) is 2.27. The molecule has 4 rings (SSSR count). The summed E-state index contributed by atoms with van der Waals surface area (Å²) < 4.78 is 10.8. The Kier molecular flexibility index (Phi) is 5.35. The minimum Gasteiger partial charge on any atom is -0.459 e. The summed E-state index contributed by atoms with van der Waals surface area (Å²) >= 11 is 0. The smallest absolute Gasteiger partial charge is 0.287 e. The van der Waals surface area contributed by atoms with Crippen molar-refractivity contribution >= 4 is 28.5 Å². The number of aromatic amines is 1. The average molecular weight is 396 g/mol. The van der Waals surface area contributed by atoms with E-state index >= 15 is 0 Å². The van der Waals surface area contributed by atoms with Gasteiger partial charge in [-0.05, 0) is 49.1 Å². The zero-order valence-corrected chi connectivity index (χ0v) is 16.4. The third-order valence-electron chi connectivity index (χ3n) is 4.98. The number of nitrogens with one attached hydrogen (secondary N) is 3. The molecule has 29 heavy (non-hydrogen) atoms. The lowest BCUT2D eigenvalue weighted by atomic mass is 10.0.